The molecule has 0 saturated heterocycles. The number of amides is 1. The smallest absolute Gasteiger partial charge is 0.229 e. The number of aliphatic hydroxyl groups excluding tert-OH is 1. The van der Waals surface area contributed by atoms with E-state index in [1.54, 1.807) is 18.2 Å². The average Bonchev–Trinajstić information content (AvgIpc) is 3.03. The van der Waals surface area contributed by atoms with Gasteiger partial charge < -0.3 is 15.5 Å². The lowest BCUT2D eigenvalue weighted by atomic mass is 9.82. The lowest BCUT2D eigenvalue weighted by molar-refractivity contribution is -0.121. The van der Waals surface area contributed by atoms with Crippen molar-refractivity contribution in [1.82, 2.24) is 4.98 Å². The number of para-hydroxylation sites is 1. The molecular formula is C17H20N2O3S. The number of rotatable bonds is 4. The van der Waals surface area contributed by atoms with Crippen LogP contribution in [0.1, 0.15) is 25.7 Å². The van der Waals surface area contributed by atoms with Gasteiger partial charge >= 0.3 is 0 Å². The lowest BCUT2D eigenvalue weighted by Gasteiger charge is -2.25. The molecule has 1 aliphatic carbocycles. The fourth-order valence-corrected chi connectivity index (χ4v) is 3.67. The highest BCUT2D eigenvalue weighted by atomic mass is 32.1. The van der Waals surface area contributed by atoms with Crippen LogP contribution in [-0.4, -0.2) is 27.7 Å². The zero-order chi connectivity index (χ0) is 16.2. The SMILES string of the molecule is O=C(Nc1nc(-c2ccccc2O)cs1)C1CCC(CO)CC1. The Morgan fingerprint density at radius 2 is 2.00 bits per heavy atom. The lowest BCUT2D eigenvalue weighted by Crippen LogP contribution is -2.28. The second-order valence-electron chi connectivity index (χ2n) is 5.94. The van der Waals surface area contributed by atoms with E-state index in [0.29, 0.717) is 22.3 Å². The summed E-state index contributed by atoms with van der Waals surface area (Å²) < 4.78 is 0. The van der Waals surface area contributed by atoms with Gasteiger partial charge in [0.25, 0.3) is 0 Å². The summed E-state index contributed by atoms with van der Waals surface area (Å²) in [5, 5.41) is 24.3. The third kappa shape index (κ3) is 3.71. The van der Waals surface area contributed by atoms with Gasteiger partial charge in [-0.05, 0) is 43.7 Å². The van der Waals surface area contributed by atoms with Crippen LogP contribution in [0, 0.1) is 11.8 Å². The third-order valence-corrected chi connectivity index (χ3v) is 5.15. The summed E-state index contributed by atoms with van der Waals surface area (Å²) in [6, 6.07) is 7.02. The van der Waals surface area contributed by atoms with Crippen LogP contribution in [0.2, 0.25) is 0 Å². The van der Waals surface area contributed by atoms with Gasteiger partial charge in [0.1, 0.15) is 5.75 Å². The second kappa shape index (κ2) is 7.10. The van der Waals surface area contributed by atoms with Crippen molar-refractivity contribution < 1.29 is 15.0 Å². The number of benzene rings is 1. The molecule has 1 aromatic carbocycles. The van der Waals surface area contributed by atoms with E-state index in [4.69, 9.17) is 5.11 Å². The topological polar surface area (TPSA) is 82.5 Å². The first kappa shape index (κ1) is 16.0. The van der Waals surface area contributed by atoms with Crippen molar-refractivity contribution in [3.8, 4) is 17.0 Å². The molecule has 3 N–H and O–H groups in total. The number of hydrogen-bond donors (Lipinski definition) is 3. The van der Waals surface area contributed by atoms with Crippen LogP contribution in [0.3, 0.4) is 0 Å². The maximum absolute atomic E-state index is 12.3. The molecule has 1 amide bonds. The van der Waals surface area contributed by atoms with Gasteiger partial charge in [-0.25, -0.2) is 4.98 Å². The Balaban J connectivity index is 1.63. The van der Waals surface area contributed by atoms with Crippen LogP contribution in [0.25, 0.3) is 11.3 Å². The molecule has 0 unspecified atom stereocenters. The minimum Gasteiger partial charge on any atom is -0.507 e. The Kier molecular flexibility index (Phi) is 4.93. The second-order valence-corrected chi connectivity index (χ2v) is 6.80. The van der Waals surface area contributed by atoms with Crippen molar-refractivity contribution in [3.63, 3.8) is 0 Å². The predicted octanol–water partition coefficient (Wildman–Crippen LogP) is 3.25. The molecule has 122 valence electrons. The van der Waals surface area contributed by atoms with Crippen LogP contribution < -0.4 is 5.32 Å². The standard InChI is InChI=1S/C17H20N2O3S/c20-9-11-5-7-12(8-6-11)16(22)19-17-18-14(10-23-17)13-3-1-2-4-15(13)21/h1-4,10-12,20-21H,5-9H2,(H,18,19,22). The number of thiazole rings is 1. The van der Waals surface area contributed by atoms with Crippen LogP contribution in [0.15, 0.2) is 29.6 Å². The highest BCUT2D eigenvalue weighted by molar-refractivity contribution is 7.14. The number of nitrogens with zero attached hydrogens (tertiary/aromatic N) is 1. The maximum Gasteiger partial charge on any atom is 0.229 e. The molecule has 1 aliphatic rings. The van der Waals surface area contributed by atoms with Crippen LogP contribution in [0.4, 0.5) is 5.13 Å². The molecule has 2 aromatic rings. The first-order chi connectivity index (χ1) is 11.2. The van der Waals surface area contributed by atoms with Crippen molar-refractivity contribution in [2.45, 2.75) is 25.7 Å². The molecule has 0 aliphatic heterocycles. The number of nitrogens with one attached hydrogen (secondary N) is 1. The summed E-state index contributed by atoms with van der Waals surface area (Å²) in [6.45, 7) is 0.213. The Morgan fingerprint density at radius 1 is 1.26 bits per heavy atom. The van der Waals surface area contributed by atoms with Crippen molar-refractivity contribution in [2.75, 3.05) is 11.9 Å². The summed E-state index contributed by atoms with van der Waals surface area (Å²) >= 11 is 1.36. The number of carbonyl (C=O) groups excluding carboxylic acids is 1. The highest BCUT2D eigenvalue weighted by Gasteiger charge is 2.26. The van der Waals surface area contributed by atoms with E-state index in [1.807, 2.05) is 11.4 Å². The molecule has 0 atom stereocenters. The van der Waals surface area contributed by atoms with Gasteiger partial charge in [0, 0.05) is 23.5 Å². The molecule has 1 fully saturated rings. The zero-order valence-corrected chi connectivity index (χ0v) is 13.6. The largest absolute Gasteiger partial charge is 0.507 e. The van der Waals surface area contributed by atoms with E-state index in [-0.39, 0.29) is 24.2 Å². The molecule has 6 heteroatoms. The number of phenolic OH excluding ortho intramolecular Hbond substituents is 1. The molecular weight excluding hydrogens is 312 g/mol. The Labute approximate surface area is 139 Å². The Morgan fingerprint density at radius 3 is 2.70 bits per heavy atom. The number of anilines is 1. The van der Waals surface area contributed by atoms with Gasteiger partial charge in [0.2, 0.25) is 5.91 Å². The van der Waals surface area contributed by atoms with E-state index in [1.165, 1.54) is 11.3 Å². The summed E-state index contributed by atoms with van der Waals surface area (Å²) in [5.74, 6) is 0.513. The minimum atomic E-state index is -0.00437. The quantitative estimate of drug-likeness (QED) is 0.802. The number of aromatic nitrogens is 1. The van der Waals surface area contributed by atoms with E-state index in [2.05, 4.69) is 10.3 Å². The van der Waals surface area contributed by atoms with E-state index in [0.717, 1.165) is 25.7 Å². The Bertz CT molecular complexity index is 678. The minimum absolute atomic E-state index is 0.000395. The molecule has 3 rings (SSSR count). The van der Waals surface area contributed by atoms with Crippen LogP contribution >= 0.6 is 11.3 Å². The van der Waals surface area contributed by atoms with Crippen LogP contribution in [0.5, 0.6) is 5.75 Å². The number of aromatic hydroxyl groups is 1. The molecule has 1 saturated carbocycles. The molecule has 1 aromatic heterocycles. The van der Waals surface area contributed by atoms with Gasteiger partial charge in [-0.3, -0.25) is 4.79 Å². The number of phenols is 1. The summed E-state index contributed by atoms with van der Waals surface area (Å²) in [5.41, 5.74) is 1.32. The number of carbonyl (C=O) groups is 1. The van der Waals surface area contributed by atoms with E-state index >= 15 is 0 Å². The summed E-state index contributed by atoms with van der Waals surface area (Å²) in [4.78, 5) is 16.7. The molecule has 23 heavy (non-hydrogen) atoms. The van der Waals surface area contributed by atoms with Crippen molar-refractivity contribution in [1.29, 1.82) is 0 Å². The average molecular weight is 332 g/mol. The number of hydrogen-bond acceptors (Lipinski definition) is 5. The van der Waals surface area contributed by atoms with Crippen molar-refractivity contribution >= 4 is 22.4 Å². The number of aliphatic hydroxyl groups is 1. The third-order valence-electron chi connectivity index (χ3n) is 4.39. The fraction of sp³-hybridized carbons (Fsp3) is 0.412. The fourth-order valence-electron chi connectivity index (χ4n) is 2.96. The summed E-state index contributed by atoms with van der Waals surface area (Å²) in [7, 11) is 0. The van der Waals surface area contributed by atoms with Gasteiger partial charge in [0.15, 0.2) is 5.13 Å². The van der Waals surface area contributed by atoms with Crippen LogP contribution in [-0.2, 0) is 4.79 Å². The molecule has 0 spiro atoms. The highest BCUT2D eigenvalue weighted by Crippen LogP contribution is 2.32. The maximum atomic E-state index is 12.3. The van der Waals surface area contributed by atoms with Gasteiger partial charge in [-0.2, -0.15) is 0 Å². The Hall–Kier alpha value is -1.92. The van der Waals surface area contributed by atoms with E-state index < -0.39 is 0 Å². The molecule has 0 radical (unpaired) electrons. The molecule has 1 heterocycles. The molecule has 5 nitrogen and oxygen atoms in total. The predicted molar refractivity (Wildman–Crippen MR) is 90.4 cm³/mol. The molecule has 0 bridgehead atoms. The van der Waals surface area contributed by atoms with Crippen molar-refractivity contribution in [2.24, 2.45) is 11.8 Å². The van der Waals surface area contributed by atoms with Gasteiger partial charge in [-0.1, -0.05) is 12.1 Å². The zero-order valence-electron chi connectivity index (χ0n) is 12.7. The first-order valence-corrected chi connectivity index (χ1v) is 8.71. The van der Waals surface area contributed by atoms with Gasteiger partial charge in [-0.15, -0.1) is 11.3 Å². The summed E-state index contributed by atoms with van der Waals surface area (Å²) in [6.07, 6.45) is 3.43. The first-order valence-electron chi connectivity index (χ1n) is 7.83. The monoisotopic (exact) mass is 332 g/mol. The van der Waals surface area contributed by atoms with Crippen molar-refractivity contribution in [3.05, 3.63) is 29.6 Å². The normalized spacial score (nSPS) is 21.1. The van der Waals surface area contributed by atoms with Gasteiger partial charge in [0.05, 0.1) is 5.69 Å². The van der Waals surface area contributed by atoms with E-state index in [9.17, 15) is 9.90 Å².